The van der Waals surface area contributed by atoms with E-state index < -0.39 is 0 Å². The molecule has 3 rings (SSSR count). The maximum Gasteiger partial charge on any atom is 0.253 e. The predicted molar refractivity (Wildman–Crippen MR) is 90.3 cm³/mol. The number of carbonyl (C=O) groups is 1. The minimum atomic E-state index is -0.362. The lowest BCUT2D eigenvalue weighted by Gasteiger charge is -2.15. The van der Waals surface area contributed by atoms with Crippen molar-refractivity contribution in [3.05, 3.63) is 41.2 Å². The molecule has 1 saturated heterocycles. The summed E-state index contributed by atoms with van der Waals surface area (Å²) >= 11 is 6.29. The Morgan fingerprint density at radius 3 is 2.87 bits per heavy atom. The number of nitrogens with one attached hydrogen (secondary N) is 1. The van der Waals surface area contributed by atoms with Crippen LogP contribution < -0.4 is 5.32 Å². The fourth-order valence-electron chi connectivity index (χ4n) is 2.82. The van der Waals surface area contributed by atoms with Crippen LogP contribution in [0, 0.1) is 0 Å². The molecule has 1 amide bonds. The zero-order valence-electron chi connectivity index (χ0n) is 13.3. The average molecular weight is 334 g/mol. The third-order valence-electron chi connectivity index (χ3n) is 3.91. The summed E-state index contributed by atoms with van der Waals surface area (Å²) in [5.74, 6) is 0.0664. The molecule has 0 bridgehead atoms. The smallest absolute Gasteiger partial charge is 0.253 e. The van der Waals surface area contributed by atoms with Gasteiger partial charge in [0, 0.05) is 6.61 Å². The molecule has 2 heterocycles. The summed E-state index contributed by atoms with van der Waals surface area (Å²) in [5.41, 5.74) is 2.43. The first kappa shape index (κ1) is 16.0. The van der Waals surface area contributed by atoms with E-state index in [1.165, 1.54) is 0 Å². The lowest BCUT2D eigenvalue weighted by Crippen LogP contribution is -2.27. The van der Waals surface area contributed by atoms with Crippen molar-refractivity contribution in [2.75, 3.05) is 11.9 Å². The van der Waals surface area contributed by atoms with Gasteiger partial charge in [0.2, 0.25) is 0 Å². The molecule has 0 saturated carbocycles. The number of amides is 1. The molecule has 23 heavy (non-hydrogen) atoms. The maximum absolute atomic E-state index is 12.3. The maximum atomic E-state index is 12.3. The molecule has 1 aliphatic heterocycles. The monoisotopic (exact) mass is 333 g/mol. The van der Waals surface area contributed by atoms with Gasteiger partial charge in [-0.05, 0) is 30.9 Å². The Morgan fingerprint density at radius 1 is 1.43 bits per heavy atom. The van der Waals surface area contributed by atoms with Crippen LogP contribution >= 0.6 is 11.6 Å². The van der Waals surface area contributed by atoms with E-state index in [9.17, 15) is 4.79 Å². The lowest BCUT2D eigenvalue weighted by molar-refractivity contribution is -0.124. The fraction of sp³-hybridized carbons (Fsp3) is 0.412. The third-order valence-corrected chi connectivity index (χ3v) is 4.23. The second kappa shape index (κ2) is 6.72. The quantitative estimate of drug-likeness (QED) is 0.926. The number of carbonyl (C=O) groups excluding carboxylic acids is 1. The summed E-state index contributed by atoms with van der Waals surface area (Å²) in [4.78, 5) is 12.3. The van der Waals surface area contributed by atoms with Gasteiger partial charge in [0.05, 0.1) is 28.3 Å². The molecular weight excluding hydrogens is 314 g/mol. The zero-order chi connectivity index (χ0) is 16.4. The number of ether oxygens (including phenoxy) is 1. The highest BCUT2D eigenvalue weighted by atomic mass is 35.5. The molecule has 1 aromatic carbocycles. The van der Waals surface area contributed by atoms with Gasteiger partial charge < -0.3 is 10.1 Å². The number of para-hydroxylation sites is 1. The van der Waals surface area contributed by atoms with Crippen molar-refractivity contribution in [2.45, 2.75) is 38.7 Å². The fourth-order valence-corrected chi connectivity index (χ4v) is 3.04. The molecule has 122 valence electrons. The van der Waals surface area contributed by atoms with Crippen LogP contribution in [0.1, 0.15) is 38.3 Å². The number of benzene rings is 1. The van der Waals surface area contributed by atoms with Crippen molar-refractivity contribution in [1.82, 2.24) is 9.78 Å². The van der Waals surface area contributed by atoms with Crippen LogP contribution in [0.4, 0.5) is 5.69 Å². The van der Waals surface area contributed by atoms with E-state index in [4.69, 9.17) is 16.3 Å². The summed E-state index contributed by atoms with van der Waals surface area (Å²) in [6, 6.07) is 7.53. The van der Waals surface area contributed by atoms with E-state index in [1.807, 2.05) is 24.3 Å². The van der Waals surface area contributed by atoms with Gasteiger partial charge in [-0.1, -0.05) is 37.6 Å². The molecule has 1 aromatic heterocycles. The molecule has 0 unspecified atom stereocenters. The highest BCUT2D eigenvalue weighted by Crippen LogP contribution is 2.30. The number of rotatable bonds is 4. The van der Waals surface area contributed by atoms with E-state index in [1.54, 1.807) is 10.9 Å². The second-order valence-corrected chi connectivity index (χ2v) is 6.36. The van der Waals surface area contributed by atoms with Gasteiger partial charge in [-0.25, -0.2) is 4.68 Å². The molecule has 0 spiro atoms. The topological polar surface area (TPSA) is 56.1 Å². The number of hydrogen-bond donors (Lipinski definition) is 1. The van der Waals surface area contributed by atoms with E-state index in [2.05, 4.69) is 24.3 Å². The molecule has 0 aliphatic carbocycles. The summed E-state index contributed by atoms with van der Waals surface area (Å²) in [6.45, 7) is 4.77. The summed E-state index contributed by atoms with van der Waals surface area (Å²) < 4.78 is 7.23. The highest BCUT2D eigenvalue weighted by Gasteiger charge is 2.26. The van der Waals surface area contributed by atoms with Gasteiger partial charge in [-0.2, -0.15) is 5.10 Å². The van der Waals surface area contributed by atoms with Crippen LogP contribution in [0.2, 0.25) is 5.02 Å². The number of aromatic nitrogens is 2. The molecule has 5 nitrogen and oxygen atoms in total. The van der Waals surface area contributed by atoms with Crippen LogP contribution in [0.15, 0.2) is 30.5 Å². The normalized spacial score (nSPS) is 17.7. The number of anilines is 1. The van der Waals surface area contributed by atoms with E-state index in [0.717, 1.165) is 24.2 Å². The van der Waals surface area contributed by atoms with Gasteiger partial charge >= 0.3 is 0 Å². The van der Waals surface area contributed by atoms with Gasteiger partial charge in [0.25, 0.3) is 5.91 Å². The van der Waals surface area contributed by atoms with Crippen molar-refractivity contribution in [3.63, 3.8) is 0 Å². The number of hydrogen-bond acceptors (Lipinski definition) is 3. The van der Waals surface area contributed by atoms with Crippen LogP contribution in [0.25, 0.3) is 5.69 Å². The van der Waals surface area contributed by atoms with Crippen LogP contribution in [0.5, 0.6) is 0 Å². The Balaban J connectivity index is 1.93. The Bertz CT molecular complexity index is 706. The second-order valence-electron chi connectivity index (χ2n) is 5.95. The molecule has 1 atom stereocenters. The minimum Gasteiger partial charge on any atom is -0.368 e. The molecule has 6 heteroatoms. The van der Waals surface area contributed by atoms with Crippen molar-refractivity contribution >= 4 is 23.2 Å². The Hall–Kier alpha value is -1.85. The van der Waals surface area contributed by atoms with Crippen LogP contribution in [-0.2, 0) is 9.53 Å². The van der Waals surface area contributed by atoms with Crippen molar-refractivity contribution in [1.29, 1.82) is 0 Å². The Labute approximate surface area is 140 Å². The van der Waals surface area contributed by atoms with Gasteiger partial charge in [0.15, 0.2) is 0 Å². The molecule has 1 aliphatic rings. The lowest BCUT2D eigenvalue weighted by atomic mass is 10.1. The summed E-state index contributed by atoms with van der Waals surface area (Å²) in [5, 5.41) is 8.00. The minimum absolute atomic E-state index is 0.108. The van der Waals surface area contributed by atoms with Crippen LogP contribution in [0.3, 0.4) is 0 Å². The van der Waals surface area contributed by atoms with Crippen molar-refractivity contribution in [2.24, 2.45) is 0 Å². The molecule has 0 radical (unpaired) electrons. The number of halogens is 1. The third kappa shape index (κ3) is 3.26. The largest absolute Gasteiger partial charge is 0.368 e. The van der Waals surface area contributed by atoms with E-state index in [-0.39, 0.29) is 17.9 Å². The summed E-state index contributed by atoms with van der Waals surface area (Å²) in [6.07, 6.45) is 3.00. The van der Waals surface area contributed by atoms with Gasteiger partial charge in [-0.3, -0.25) is 4.79 Å². The van der Waals surface area contributed by atoms with Crippen LogP contribution in [-0.4, -0.2) is 28.4 Å². The predicted octanol–water partition coefficient (Wildman–Crippen LogP) is 3.77. The van der Waals surface area contributed by atoms with Gasteiger partial charge in [-0.15, -0.1) is 0 Å². The molecule has 1 fully saturated rings. The number of nitrogens with zero attached hydrogens (tertiary/aromatic N) is 2. The zero-order valence-corrected chi connectivity index (χ0v) is 14.0. The van der Waals surface area contributed by atoms with Gasteiger partial charge in [0.1, 0.15) is 6.10 Å². The first-order chi connectivity index (χ1) is 11.1. The molecule has 1 N–H and O–H groups in total. The average Bonchev–Trinajstić information content (AvgIpc) is 3.17. The van der Waals surface area contributed by atoms with E-state index >= 15 is 0 Å². The van der Waals surface area contributed by atoms with E-state index in [0.29, 0.717) is 17.3 Å². The molecular formula is C17H20ClN3O2. The highest BCUT2D eigenvalue weighted by molar-refractivity contribution is 6.32. The first-order valence-electron chi connectivity index (χ1n) is 7.83. The SMILES string of the molecule is CC(C)c1c(NC(=O)[C@H]2CCCO2)cnn1-c1ccccc1Cl. The Morgan fingerprint density at radius 2 is 2.22 bits per heavy atom. The Kier molecular flexibility index (Phi) is 4.68. The van der Waals surface area contributed by atoms with Crippen molar-refractivity contribution in [3.8, 4) is 5.69 Å². The standard InChI is InChI=1S/C17H20ClN3O2/c1-11(2)16-13(20-17(22)15-8-5-9-23-15)10-19-21(16)14-7-4-3-6-12(14)18/h3-4,6-7,10-11,15H,5,8-9H2,1-2H3,(H,20,22)/t15-/m1/s1. The van der Waals surface area contributed by atoms with Crippen molar-refractivity contribution < 1.29 is 9.53 Å². The summed E-state index contributed by atoms with van der Waals surface area (Å²) in [7, 11) is 0. The first-order valence-corrected chi connectivity index (χ1v) is 8.21. The molecule has 2 aromatic rings.